The highest BCUT2D eigenvalue weighted by molar-refractivity contribution is 6.09. The van der Waals surface area contributed by atoms with Gasteiger partial charge in [0.15, 0.2) is 0 Å². The van der Waals surface area contributed by atoms with Crippen molar-refractivity contribution in [2.75, 3.05) is 31.1 Å². The van der Waals surface area contributed by atoms with Crippen molar-refractivity contribution in [2.45, 2.75) is 6.92 Å². The number of carbonyl (C=O) groups excluding carboxylic acids is 1. The third-order valence-corrected chi connectivity index (χ3v) is 4.85. The first-order chi connectivity index (χ1) is 13.2. The lowest BCUT2D eigenvalue weighted by Gasteiger charge is -2.28. The van der Waals surface area contributed by atoms with Gasteiger partial charge in [-0.25, -0.2) is 4.98 Å². The van der Waals surface area contributed by atoms with Gasteiger partial charge in [-0.1, -0.05) is 36.4 Å². The summed E-state index contributed by atoms with van der Waals surface area (Å²) >= 11 is 0. The predicted molar refractivity (Wildman–Crippen MR) is 107 cm³/mol. The summed E-state index contributed by atoms with van der Waals surface area (Å²) in [4.78, 5) is 24.4. The molecule has 1 saturated heterocycles. The van der Waals surface area contributed by atoms with Crippen LogP contribution in [-0.4, -0.2) is 41.9 Å². The number of pyridine rings is 2. The number of ketones is 1. The normalized spacial score (nSPS) is 14.2. The van der Waals surface area contributed by atoms with Crippen LogP contribution in [0.25, 0.3) is 11.1 Å². The van der Waals surface area contributed by atoms with Crippen molar-refractivity contribution in [2.24, 2.45) is 0 Å². The number of nitrogens with zero attached hydrogens (tertiary/aromatic N) is 3. The fourth-order valence-corrected chi connectivity index (χ4v) is 3.31. The van der Waals surface area contributed by atoms with E-state index in [-0.39, 0.29) is 5.78 Å². The Hall–Kier alpha value is -3.05. The minimum atomic E-state index is -0.0882. The molecule has 136 valence electrons. The van der Waals surface area contributed by atoms with Crippen LogP contribution in [0.2, 0.25) is 0 Å². The quantitative estimate of drug-likeness (QED) is 0.727. The summed E-state index contributed by atoms with van der Waals surface area (Å²) in [6.45, 7) is 5.52. The number of anilines is 1. The Labute approximate surface area is 159 Å². The van der Waals surface area contributed by atoms with E-state index in [4.69, 9.17) is 0 Å². The molecule has 2 aromatic heterocycles. The zero-order valence-corrected chi connectivity index (χ0v) is 15.4. The Kier molecular flexibility index (Phi) is 4.94. The number of aromatic nitrogens is 2. The highest BCUT2D eigenvalue weighted by Crippen LogP contribution is 2.23. The number of hydrogen-bond donors (Lipinski definition) is 1. The smallest absolute Gasteiger partial charge is 0.213 e. The first-order valence-corrected chi connectivity index (χ1v) is 9.22. The minimum absolute atomic E-state index is 0.0882. The van der Waals surface area contributed by atoms with Gasteiger partial charge in [-0.2, -0.15) is 0 Å². The molecule has 0 radical (unpaired) electrons. The fourth-order valence-electron chi connectivity index (χ4n) is 3.31. The molecule has 1 N–H and O–H groups in total. The first-order valence-electron chi connectivity index (χ1n) is 9.22. The van der Waals surface area contributed by atoms with Crippen molar-refractivity contribution in [3.05, 3.63) is 77.7 Å². The second-order valence-electron chi connectivity index (χ2n) is 6.67. The van der Waals surface area contributed by atoms with Gasteiger partial charge in [0.05, 0.1) is 0 Å². The van der Waals surface area contributed by atoms with E-state index in [0.717, 1.165) is 43.1 Å². The number of carbonyl (C=O) groups is 1. The van der Waals surface area contributed by atoms with Crippen molar-refractivity contribution in [1.82, 2.24) is 15.3 Å². The van der Waals surface area contributed by atoms with Crippen LogP contribution in [0.3, 0.4) is 0 Å². The molecule has 3 aromatic rings. The maximum atomic E-state index is 13.2. The van der Waals surface area contributed by atoms with Crippen LogP contribution in [0.4, 0.5) is 5.82 Å². The second-order valence-corrected chi connectivity index (χ2v) is 6.67. The molecular formula is C22H22N4O. The van der Waals surface area contributed by atoms with E-state index in [2.05, 4.69) is 20.2 Å². The maximum Gasteiger partial charge on any atom is 0.213 e. The molecule has 1 fully saturated rings. The van der Waals surface area contributed by atoms with Crippen LogP contribution >= 0.6 is 0 Å². The van der Waals surface area contributed by atoms with E-state index >= 15 is 0 Å². The molecule has 27 heavy (non-hydrogen) atoms. The summed E-state index contributed by atoms with van der Waals surface area (Å²) in [5, 5.41) is 3.33. The molecule has 5 heteroatoms. The monoisotopic (exact) mass is 358 g/mol. The van der Waals surface area contributed by atoms with Gasteiger partial charge in [-0.15, -0.1) is 0 Å². The van der Waals surface area contributed by atoms with Gasteiger partial charge in [-0.3, -0.25) is 9.78 Å². The Morgan fingerprint density at radius 1 is 1.00 bits per heavy atom. The SMILES string of the molecule is Cc1ncc(-c2ccccc2)cc1C(=O)c1cccc(N2CCNCC2)n1. The van der Waals surface area contributed by atoms with Crippen molar-refractivity contribution in [1.29, 1.82) is 0 Å². The van der Waals surface area contributed by atoms with Crippen molar-refractivity contribution >= 4 is 11.6 Å². The highest BCUT2D eigenvalue weighted by atomic mass is 16.1. The van der Waals surface area contributed by atoms with E-state index in [1.165, 1.54) is 0 Å². The van der Waals surface area contributed by atoms with Crippen molar-refractivity contribution < 1.29 is 4.79 Å². The molecule has 1 aliphatic rings. The third kappa shape index (κ3) is 3.73. The van der Waals surface area contributed by atoms with E-state index in [1.807, 2.05) is 61.7 Å². The Bertz CT molecular complexity index is 950. The molecular weight excluding hydrogens is 336 g/mol. The summed E-state index contributed by atoms with van der Waals surface area (Å²) in [6.07, 6.45) is 1.81. The molecule has 0 atom stereocenters. The number of piperazine rings is 1. The molecule has 1 aliphatic heterocycles. The van der Waals surface area contributed by atoms with Crippen LogP contribution < -0.4 is 10.2 Å². The van der Waals surface area contributed by atoms with E-state index in [1.54, 1.807) is 6.07 Å². The topological polar surface area (TPSA) is 58.1 Å². The van der Waals surface area contributed by atoms with Gasteiger partial charge < -0.3 is 10.2 Å². The summed E-state index contributed by atoms with van der Waals surface area (Å²) in [5.41, 5.74) is 3.75. The molecule has 0 amide bonds. The fraction of sp³-hybridized carbons (Fsp3) is 0.227. The molecule has 3 heterocycles. The summed E-state index contributed by atoms with van der Waals surface area (Å²) in [7, 11) is 0. The summed E-state index contributed by atoms with van der Waals surface area (Å²) in [6, 6.07) is 17.5. The molecule has 4 rings (SSSR count). The predicted octanol–water partition coefficient (Wildman–Crippen LogP) is 3.09. The standard InChI is InChI=1S/C22H22N4O/c1-16-19(14-18(15-24-16)17-6-3-2-4-7-17)22(27)20-8-5-9-21(25-20)26-12-10-23-11-13-26/h2-9,14-15,23H,10-13H2,1H3. The number of benzene rings is 1. The maximum absolute atomic E-state index is 13.2. The zero-order chi connectivity index (χ0) is 18.6. The molecule has 0 bridgehead atoms. The third-order valence-electron chi connectivity index (χ3n) is 4.85. The van der Waals surface area contributed by atoms with Crippen molar-refractivity contribution in [3.8, 4) is 11.1 Å². The van der Waals surface area contributed by atoms with Gasteiger partial charge in [0, 0.05) is 49.2 Å². The summed E-state index contributed by atoms with van der Waals surface area (Å²) in [5.74, 6) is 0.766. The lowest BCUT2D eigenvalue weighted by Crippen LogP contribution is -2.44. The molecule has 0 unspecified atom stereocenters. The number of aryl methyl sites for hydroxylation is 1. The van der Waals surface area contributed by atoms with E-state index in [9.17, 15) is 4.79 Å². The Balaban J connectivity index is 1.66. The molecule has 1 aromatic carbocycles. The Morgan fingerprint density at radius 2 is 1.78 bits per heavy atom. The zero-order valence-electron chi connectivity index (χ0n) is 15.4. The number of nitrogens with one attached hydrogen (secondary N) is 1. The molecule has 0 spiro atoms. The van der Waals surface area contributed by atoms with Crippen molar-refractivity contribution in [3.63, 3.8) is 0 Å². The second kappa shape index (κ2) is 7.68. The van der Waals surface area contributed by atoms with E-state index < -0.39 is 0 Å². The molecule has 0 aliphatic carbocycles. The van der Waals surface area contributed by atoms with Crippen LogP contribution in [0, 0.1) is 6.92 Å². The lowest BCUT2D eigenvalue weighted by molar-refractivity contribution is 0.103. The minimum Gasteiger partial charge on any atom is -0.354 e. The highest BCUT2D eigenvalue weighted by Gasteiger charge is 2.18. The lowest BCUT2D eigenvalue weighted by atomic mass is 10.0. The largest absolute Gasteiger partial charge is 0.354 e. The van der Waals surface area contributed by atoms with Gasteiger partial charge in [0.1, 0.15) is 11.5 Å². The van der Waals surface area contributed by atoms with E-state index in [0.29, 0.717) is 17.0 Å². The van der Waals surface area contributed by atoms with Crippen LogP contribution in [0.15, 0.2) is 60.8 Å². The van der Waals surface area contributed by atoms with Crippen LogP contribution in [0.1, 0.15) is 21.7 Å². The van der Waals surface area contributed by atoms with Crippen LogP contribution in [0.5, 0.6) is 0 Å². The summed E-state index contributed by atoms with van der Waals surface area (Å²) < 4.78 is 0. The van der Waals surface area contributed by atoms with Gasteiger partial charge in [-0.05, 0) is 30.7 Å². The Morgan fingerprint density at radius 3 is 2.56 bits per heavy atom. The van der Waals surface area contributed by atoms with Crippen LogP contribution in [-0.2, 0) is 0 Å². The van der Waals surface area contributed by atoms with Gasteiger partial charge >= 0.3 is 0 Å². The molecule has 0 saturated carbocycles. The number of rotatable bonds is 4. The first kappa shape index (κ1) is 17.4. The molecule has 5 nitrogen and oxygen atoms in total. The van der Waals surface area contributed by atoms with Gasteiger partial charge in [0.25, 0.3) is 0 Å². The average molecular weight is 358 g/mol. The number of hydrogen-bond acceptors (Lipinski definition) is 5. The van der Waals surface area contributed by atoms with Gasteiger partial charge in [0.2, 0.25) is 5.78 Å². The average Bonchev–Trinajstić information content (AvgIpc) is 2.75.